The van der Waals surface area contributed by atoms with E-state index in [1.807, 2.05) is 12.1 Å². The van der Waals surface area contributed by atoms with E-state index in [2.05, 4.69) is 0 Å². The first-order valence-electron chi connectivity index (χ1n) is 6.21. The molecule has 1 aliphatic rings. The van der Waals surface area contributed by atoms with Crippen LogP contribution < -0.4 is 0 Å². The lowest BCUT2D eigenvalue weighted by atomic mass is 9.95. The Balaban J connectivity index is 1.97. The minimum Gasteiger partial charge on any atom is -0.388 e. The van der Waals surface area contributed by atoms with Crippen LogP contribution in [0, 0.1) is 0 Å². The van der Waals surface area contributed by atoms with Crippen LogP contribution in [0.25, 0.3) is 0 Å². The van der Waals surface area contributed by atoms with Gasteiger partial charge in [0.25, 0.3) is 0 Å². The number of β-amino-alcohol motifs (C(OH)–C–C–N with tert-alkyl or cyclic N) is 1. The SMILES string of the molecule is CC1(O)CCCN(C(=O)Cc2ccc(Cl)cc2)C1. The monoisotopic (exact) mass is 267 g/mol. The summed E-state index contributed by atoms with van der Waals surface area (Å²) >= 11 is 5.81. The normalized spacial score (nSPS) is 24.1. The van der Waals surface area contributed by atoms with Gasteiger partial charge in [0.1, 0.15) is 0 Å². The van der Waals surface area contributed by atoms with Crippen molar-refractivity contribution >= 4 is 17.5 Å². The van der Waals surface area contributed by atoms with Crippen LogP contribution >= 0.6 is 11.6 Å². The minimum atomic E-state index is -0.742. The number of carbonyl (C=O) groups is 1. The number of aliphatic hydroxyl groups is 1. The van der Waals surface area contributed by atoms with Crippen molar-refractivity contribution in [2.75, 3.05) is 13.1 Å². The Morgan fingerprint density at radius 2 is 2.11 bits per heavy atom. The van der Waals surface area contributed by atoms with Crippen LogP contribution in [0.4, 0.5) is 0 Å². The largest absolute Gasteiger partial charge is 0.388 e. The fraction of sp³-hybridized carbons (Fsp3) is 0.500. The van der Waals surface area contributed by atoms with Crippen molar-refractivity contribution in [1.29, 1.82) is 0 Å². The predicted octanol–water partition coefficient (Wildman–Crippen LogP) is 2.26. The van der Waals surface area contributed by atoms with Gasteiger partial charge in [-0.25, -0.2) is 0 Å². The van der Waals surface area contributed by atoms with E-state index in [0.29, 0.717) is 18.0 Å². The molecule has 0 radical (unpaired) electrons. The summed E-state index contributed by atoms with van der Waals surface area (Å²) in [6.45, 7) is 2.96. The summed E-state index contributed by atoms with van der Waals surface area (Å²) < 4.78 is 0. The molecule has 1 atom stereocenters. The summed E-state index contributed by atoms with van der Waals surface area (Å²) in [4.78, 5) is 13.9. The van der Waals surface area contributed by atoms with Gasteiger partial charge in [-0.3, -0.25) is 4.79 Å². The summed E-state index contributed by atoms with van der Waals surface area (Å²) in [6.07, 6.45) is 1.99. The van der Waals surface area contributed by atoms with Crippen LogP contribution in [-0.2, 0) is 11.2 Å². The third-order valence-corrected chi connectivity index (χ3v) is 3.55. The van der Waals surface area contributed by atoms with Crippen molar-refractivity contribution in [1.82, 2.24) is 4.90 Å². The zero-order valence-corrected chi connectivity index (χ0v) is 11.3. The topological polar surface area (TPSA) is 40.5 Å². The number of carbonyl (C=O) groups excluding carboxylic acids is 1. The molecule has 3 nitrogen and oxygen atoms in total. The Morgan fingerprint density at radius 1 is 1.44 bits per heavy atom. The third-order valence-electron chi connectivity index (χ3n) is 3.30. The van der Waals surface area contributed by atoms with Crippen molar-refractivity contribution in [2.45, 2.75) is 31.8 Å². The van der Waals surface area contributed by atoms with Crippen LogP contribution in [0.15, 0.2) is 24.3 Å². The van der Waals surface area contributed by atoms with E-state index in [-0.39, 0.29) is 5.91 Å². The molecule has 0 spiro atoms. The molecule has 98 valence electrons. The van der Waals surface area contributed by atoms with Gasteiger partial charge in [0.2, 0.25) is 5.91 Å². The van der Waals surface area contributed by atoms with Crippen LogP contribution in [0.5, 0.6) is 0 Å². The number of hydrogen-bond acceptors (Lipinski definition) is 2. The highest BCUT2D eigenvalue weighted by Crippen LogP contribution is 2.21. The molecule has 2 rings (SSSR count). The zero-order valence-electron chi connectivity index (χ0n) is 10.5. The fourth-order valence-electron chi connectivity index (χ4n) is 2.32. The number of nitrogens with zero attached hydrogens (tertiary/aromatic N) is 1. The van der Waals surface area contributed by atoms with Crippen LogP contribution in [0.1, 0.15) is 25.3 Å². The molecule has 1 aromatic carbocycles. The smallest absolute Gasteiger partial charge is 0.227 e. The standard InChI is InChI=1S/C14H18ClNO2/c1-14(18)7-2-8-16(10-14)13(17)9-11-3-5-12(15)6-4-11/h3-6,18H,2,7-10H2,1H3. The molecule has 1 N–H and O–H groups in total. The van der Waals surface area contributed by atoms with Gasteiger partial charge in [-0.05, 0) is 37.5 Å². The lowest BCUT2D eigenvalue weighted by molar-refractivity contribution is -0.136. The maximum absolute atomic E-state index is 12.1. The molecule has 1 saturated heterocycles. The molecule has 1 amide bonds. The lowest BCUT2D eigenvalue weighted by Gasteiger charge is -2.36. The molecule has 18 heavy (non-hydrogen) atoms. The molecular formula is C14H18ClNO2. The van der Waals surface area contributed by atoms with E-state index in [4.69, 9.17) is 11.6 Å². The van der Waals surface area contributed by atoms with E-state index in [1.54, 1.807) is 24.0 Å². The Bertz CT molecular complexity index is 428. The first kappa shape index (κ1) is 13.4. The van der Waals surface area contributed by atoms with E-state index >= 15 is 0 Å². The average Bonchev–Trinajstić information content (AvgIpc) is 2.31. The Morgan fingerprint density at radius 3 is 2.72 bits per heavy atom. The third kappa shape index (κ3) is 3.47. The molecule has 1 aromatic rings. The molecule has 1 unspecified atom stereocenters. The van der Waals surface area contributed by atoms with Crippen molar-refractivity contribution in [3.05, 3.63) is 34.9 Å². The molecule has 0 saturated carbocycles. The van der Waals surface area contributed by atoms with Crippen LogP contribution in [-0.4, -0.2) is 34.6 Å². The Labute approximate surface area is 112 Å². The number of amides is 1. The Kier molecular flexibility index (Phi) is 3.93. The summed E-state index contributed by atoms with van der Waals surface area (Å²) in [5.74, 6) is 0.0669. The molecule has 0 bridgehead atoms. The van der Waals surface area contributed by atoms with E-state index < -0.39 is 5.60 Å². The number of likely N-dealkylation sites (tertiary alicyclic amines) is 1. The number of piperidine rings is 1. The first-order valence-corrected chi connectivity index (χ1v) is 6.59. The van der Waals surface area contributed by atoms with Gasteiger partial charge in [-0.2, -0.15) is 0 Å². The summed E-state index contributed by atoms with van der Waals surface area (Å²) in [6, 6.07) is 7.30. The predicted molar refractivity (Wildman–Crippen MR) is 71.6 cm³/mol. The van der Waals surface area contributed by atoms with Crippen molar-refractivity contribution < 1.29 is 9.90 Å². The molecule has 1 fully saturated rings. The van der Waals surface area contributed by atoms with Gasteiger partial charge in [0, 0.05) is 18.1 Å². The molecular weight excluding hydrogens is 250 g/mol. The quantitative estimate of drug-likeness (QED) is 0.893. The first-order chi connectivity index (χ1) is 8.46. The van der Waals surface area contributed by atoms with Crippen molar-refractivity contribution in [3.63, 3.8) is 0 Å². The van der Waals surface area contributed by atoms with Crippen LogP contribution in [0.3, 0.4) is 0 Å². The molecule has 4 heteroatoms. The second-order valence-electron chi connectivity index (χ2n) is 5.22. The van der Waals surface area contributed by atoms with Crippen LogP contribution in [0.2, 0.25) is 5.02 Å². The van der Waals surface area contributed by atoms with Gasteiger partial charge < -0.3 is 10.0 Å². The number of rotatable bonds is 2. The van der Waals surface area contributed by atoms with Gasteiger partial charge in [0.15, 0.2) is 0 Å². The average molecular weight is 268 g/mol. The Hall–Kier alpha value is -1.06. The number of hydrogen-bond donors (Lipinski definition) is 1. The maximum Gasteiger partial charge on any atom is 0.227 e. The van der Waals surface area contributed by atoms with Crippen molar-refractivity contribution in [3.8, 4) is 0 Å². The minimum absolute atomic E-state index is 0.0669. The highest BCUT2D eigenvalue weighted by atomic mass is 35.5. The molecule has 0 aliphatic carbocycles. The summed E-state index contributed by atoms with van der Waals surface area (Å²) in [7, 11) is 0. The number of halogens is 1. The van der Waals surface area contributed by atoms with Crippen molar-refractivity contribution in [2.24, 2.45) is 0 Å². The second kappa shape index (κ2) is 5.29. The van der Waals surface area contributed by atoms with E-state index in [1.165, 1.54) is 0 Å². The second-order valence-corrected chi connectivity index (χ2v) is 5.66. The van der Waals surface area contributed by atoms with E-state index in [0.717, 1.165) is 24.9 Å². The fourth-order valence-corrected chi connectivity index (χ4v) is 2.45. The van der Waals surface area contributed by atoms with Gasteiger partial charge in [-0.15, -0.1) is 0 Å². The summed E-state index contributed by atoms with van der Waals surface area (Å²) in [5.41, 5.74) is 0.211. The van der Waals surface area contributed by atoms with E-state index in [9.17, 15) is 9.90 Å². The zero-order chi connectivity index (χ0) is 13.2. The van der Waals surface area contributed by atoms with Gasteiger partial charge in [0.05, 0.1) is 12.0 Å². The number of benzene rings is 1. The lowest BCUT2D eigenvalue weighted by Crippen LogP contribution is -2.49. The summed E-state index contributed by atoms with van der Waals surface area (Å²) in [5, 5.41) is 10.7. The highest BCUT2D eigenvalue weighted by Gasteiger charge is 2.30. The van der Waals surface area contributed by atoms with Gasteiger partial charge in [-0.1, -0.05) is 23.7 Å². The highest BCUT2D eigenvalue weighted by molar-refractivity contribution is 6.30. The maximum atomic E-state index is 12.1. The molecule has 1 aliphatic heterocycles. The molecule has 0 aromatic heterocycles. The molecule has 1 heterocycles. The van der Waals surface area contributed by atoms with Gasteiger partial charge >= 0.3 is 0 Å².